The normalized spacial score (nSPS) is 19.5. The fourth-order valence-electron chi connectivity index (χ4n) is 4.77. The van der Waals surface area contributed by atoms with Gasteiger partial charge in [0.05, 0.1) is 12.8 Å². The van der Waals surface area contributed by atoms with Crippen molar-refractivity contribution in [2.45, 2.75) is 25.8 Å². The Balaban J connectivity index is 1.36. The summed E-state index contributed by atoms with van der Waals surface area (Å²) in [5.41, 5.74) is 2.43. The Hall–Kier alpha value is -3.06. The van der Waals surface area contributed by atoms with Crippen molar-refractivity contribution in [1.29, 1.82) is 0 Å². The molecule has 2 heterocycles. The lowest BCUT2D eigenvalue weighted by Gasteiger charge is -2.44. The van der Waals surface area contributed by atoms with Crippen LogP contribution in [0.2, 0.25) is 0 Å². The number of carbonyl (C=O) groups is 2. The summed E-state index contributed by atoms with van der Waals surface area (Å²) in [6, 6.07) is 15.8. The number of anilines is 2. The number of hydrogen-bond donors (Lipinski definition) is 1. The molecule has 0 radical (unpaired) electrons. The first-order valence-corrected chi connectivity index (χ1v) is 11.3. The molecule has 0 spiro atoms. The van der Waals surface area contributed by atoms with Gasteiger partial charge in [0.1, 0.15) is 5.75 Å². The number of methoxy groups -OCH3 is 1. The van der Waals surface area contributed by atoms with Gasteiger partial charge in [0, 0.05) is 63.5 Å². The molecule has 1 N–H and O–H groups in total. The molecule has 2 aromatic carbocycles. The molecular weight excluding hydrogens is 404 g/mol. The molecule has 0 unspecified atom stereocenters. The summed E-state index contributed by atoms with van der Waals surface area (Å²) in [7, 11) is 1.72. The Morgan fingerprint density at radius 1 is 1.00 bits per heavy atom. The number of amides is 2. The van der Waals surface area contributed by atoms with Crippen LogP contribution >= 0.6 is 0 Å². The summed E-state index contributed by atoms with van der Waals surface area (Å²) >= 11 is 0. The molecule has 7 heteroatoms. The Morgan fingerprint density at radius 3 is 2.53 bits per heavy atom. The van der Waals surface area contributed by atoms with Crippen LogP contribution in [0.25, 0.3) is 0 Å². The second kappa shape index (κ2) is 10.0. The minimum atomic E-state index is -0.139. The van der Waals surface area contributed by atoms with E-state index >= 15 is 0 Å². The SMILES string of the molecule is COc1ccccc1N1CCN([C@@H]2CCCN(C(=O)c3cccc(NC(C)=O)c3)C2)CC1. The van der Waals surface area contributed by atoms with Gasteiger partial charge in [-0.2, -0.15) is 0 Å². The highest BCUT2D eigenvalue weighted by Gasteiger charge is 2.31. The van der Waals surface area contributed by atoms with Gasteiger partial charge in [-0.25, -0.2) is 0 Å². The molecule has 0 saturated carbocycles. The predicted octanol–water partition coefficient (Wildman–Crippen LogP) is 3.08. The van der Waals surface area contributed by atoms with E-state index in [1.807, 2.05) is 29.2 Å². The number of hydrogen-bond acceptors (Lipinski definition) is 5. The van der Waals surface area contributed by atoms with Crippen LogP contribution in [-0.4, -0.2) is 74.0 Å². The maximum Gasteiger partial charge on any atom is 0.253 e. The molecule has 2 aromatic rings. The van der Waals surface area contributed by atoms with E-state index in [2.05, 4.69) is 27.2 Å². The topological polar surface area (TPSA) is 65.1 Å². The Labute approximate surface area is 189 Å². The molecule has 2 aliphatic rings. The highest BCUT2D eigenvalue weighted by Crippen LogP contribution is 2.29. The molecular formula is C25H32N4O3. The second-order valence-corrected chi connectivity index (χ2v) is 8.50. The zero-order valence-corrected chi connectivity index (χ0v) is 18.9. The smallest absolute Gasteiger partial charge is 0.253 e. The van der Waals surface area contributed by atoms with E-state index in [1.165, 1.54) is 6.92 Å². The van der Waals surface area contributed by atoms with Gasteiger partial charge in [-0.1, -0.05) is 18.2 Å². The predicted molar refractivity (Wildman–Crippen MR) is 126 cm³/mol. The van der Waals surface area contributed by atoms with Gasteiger partial charge in [-0.3, -0.25) is 14.5 Å². The average Bonchev–Trinajstić information content (AvgIpc) is 2.83. The summed E-state index contributed by atoms with van der Waals surface area (Å²) in [4.78, 5) is 31.4. The van der Waals surface area contributed by atoms with E-state index in [4.69, 9.17) is 4.74 Å². The van der Waals surface area contributed by atoms with Gasteiger partial charge in [0.15, 0.2) is 0 Å². The maximum atomic E-state index is 13.1. The summed E-state index contributed by atoms with van der Waals surface area (Å²) in [6.07, 6.45) is 2.12. The number of benzene rings is 2. The summed E-state index contributed by atoms with van der Waals surface area (Å²) in [5.74, 6) is 0.811. The Kier molecular flexibility index (Phi) is 6.95. The molecule has 2 aliphatic heterocycles. The van der Waals surface area contributed by atoms with Crippen LogP contribution in [0.4, 0.5) is 11.4 Å². The quantitative estimate of drug-likeness (QED) is 0.780. The van der Waals surface area contributed by atoms with Crippen molar-refractivity contribution >= 4 is 23.2 Å². The number of piperazine rings is 1. The first-order chi connectivity index (χ1) is 15.5. The highest BCUT2D eigenvalue weighted by molar-refractivity contribution is 5.96. The number of carbonyl (C=O) groups excluding carboxylic acids is 2. The fraction of sp³-hybridized carbons (Fsp3) is 0.440. The minimum Gasteiger partial charge on any atom is -0.495 e. The van der Waals surface area contributed by atoms with Crippen molar-refractivity contribution in [3.63, 3.8) is 0 Å². The first-order valence-electron chi connectivity index (χ1n) is 11.3. The number of nitrogens with zero attached hydrogens (tertiary/aromatic N) is 3. The zero-order valence-electron chi connectivity index (χ0n) is 18.9. The molecule has 0 aromatic heterocycles. The van der Waals surface area contributed by atoms with Crippen molar-refractivity contribution in [2.24, 2.45) is 0 Å². The lowest BCUT2D eigenvalue weighted by molar-refractivity contribution is -0.114. The lowest BCUT2D eigenvalue weighted by Crippen LogP contribution is -2.55. The van der Waals surface area contributed by atoms with E-state index in [1.54, 1.807) is 19.2 Å². The first kappa shape index (κ1) is 22.1. The molecule has 0 bridgehead atoms. The monoisotopic (exact) mass is 436 g/mol. The van der Waals surface area contributed by atoms with Gasteiger partial charge in [-0.15, -0.1) is 0 Å². The number of piperidine rings is 1. The van der Waals surface area contributed by atoms with Crippen LogP contribution in [0.1, 0.15) is 30.1 Å². The maximum absolute atomic E-state index is 13.1. The Bertz CT molecular complexity index is 956. The second-order valence-electron chi connectivity index (χ2n) is 8.50. The van der Waals surface area contributed by atoms with E-state index in [0.717, 1.165) is 63.5 Å². The number of ether oxygens (including phenoxy) is 1. The molecule has 2 fully saturated rings. The van der Waals surface area contributed by atoms with E-state index < -0.39 is 0 Å². The van der Waals surface area contributed by atoms with E-state index in [0.29, 0.717) is 17.3 Å². The molecule has 2 saturated heterocycles. The van der Waals surface area contributed by atoms with Gasteiger partial charge in [0.2, 0.25) is 5.91 Å². The van der Waals surface area contributed by atoms with Crippen molar-refractivity contribution in [1.82, 2.24) is 9.80 Å². The van der Waals surface area contributed by atoms with Gasteiger partial charge >= 0.3 is 0 Å². The van der Waals surface area contributed by atoms with Gasteiger partial charge in [0.25, 0.3) is 5.91 Å². The van der Waals surface area contributed by atoms with Crippen molar-refractivity contribution in [2.75, 3.05) is 56.6 Å². The van der Waals surface area contributed by atoms with Crippen LogP contribution < -0.4 is 15.0 Å². The van der Waals surface area contributed by atoms with Crippen LogP contribution in [0.5, 0.6) is 5.75 Å². The average molecular weight is 437 g/mol. The summed E-state index contributed by atoms with van der Waals surface area (Å²) < 4.78 is 5.53. The van der Waals surface area contributed by atoms with Crippen LogP contribution in [0.15, 0.2) is 48.5 Å². The van der Waals surface area contributed by atoms with Crippen LogP contribution in [-0.2, 0) is 4.79 Å². The molecule has 32 heavy (non-hydrogen) atoms. The van der Waals surface area contributed by atoms with Crippen molar-refractivity contribution in [3.8, 4) is 5.75 Å². The summed E-state index contributed by atoms with van der Waals surface area (Å²) in [6.45, 7) is 6.84. The van der Waals surface area contributed by atoms with E-state index in [-0.39, 0.29) is 11.8 Å². The molecule has 2 amide bonds. The summed E-state index contributed by atoms with van der Waals surface area (Å²) in [5, 5.41) is 2.76. The van der Waals surface area contributed by atoms with Crippen LogP contribution in [0, 0.1) is 0 Å². The van der Waals surface area contributed by atoms with Crippen molar-refractivity contribution in [3.05, 3.63) is 54.1 Å². The third kappa shape index (κ3) is 5.05. The third-order valence-corrected chi connectivity index (χ3v) is 6.37. The third-order valence-electron chi connectivity index (χ3n) is 6.37. The number of nitrogens with one attached hydrogen (secondary N) is 1. The standard InChI is InChI=1S/C25H32N4O3/c1-19(30)26-21-8-5-7-20(17-21)25(31)29-12-6-9-22(18-29)27-13-15-28(16-14-27)23-10-3-4-11-24(23)32-2/h3-5,7-8,10-11,17,22H,6,9,12-16,18H2,1-2H3,(H,26,30)/t22-/m1/s1. The van der Waals surface area contributed by atoms with Crippen molar-refractivity contribution < 1.29 is 14.3 Å². The number of para-hydroxylation sites is 2. The molecule has 4 rings (SSSR count). The highest BCUT2D eigenvalue weighted by atomic mass is 16.5. The fourth-order valence-corrected chi connectivity index (χ4v) is 4.77. The molecule has 7 nitrogen and oxygen atoms in total. The largest absolute Gasteiger partial charge is 0.495 e. The molecule has 1 atom stereocenters. The lowest BCUT2D eigenvalue weighted by atomic mass is 10.0. The van der Waals surface area contributed by atoms with Gasteiger partial charge < -0.3 is 19.9 Å². The number of rotatable bonds is 5. The molecule has 0 aliphatic carbocycles. The van der Waals surface area contributed by atoms with Gasteiger partial charge in [-0.05, 0) is 43.2 Å². The molecule has 170 valence electrons. The zero-order chi connectivity index (χ0) is 22.5. The minimum absolute atomic E-state index is 0.0366. The van der Waals surface area contributed by atoms with Crippen LogP contribution in [0.3, 0.4) is 0 Å². The number of likely N-dealkylation sites (tertiary alicyclic amines) is 1. The van der Waals surface area contributed by atoms with E-state index in [9.17, 15) is 9.59 Å². The Morgan fingerprint density at radius 2 is 1.78 bits per heavy atom.